The van der Waals surface area contributed by atoms with Gasteiger partial charge in [0.05, 0.1) is 25.7 Å². The van der Waals surface area contributed by atoms with Crippen molar-refractivity contribution in [2.75, 3.05) is 40.5 Å². The van der Waals surface area contributed by atoms with E-state index in [4.69, 9.17) is 14.2 Å². The number of carbonyl (C=O) groups is 1. The molecular weight excluding hydrogens is 380 g/mol. The molecule has 6 nitrogen and oxygen atoms in total. The van der Waals surface area contributed by atoms with Crippen LogP contribution in [-0.4, -0.2) is 46.4 Å². The van der Waals surface area contributed by atoms with Gasteiger partial charge in [0.1, 0.15) is 0 Å². The van der Waals surface area contributed by atoms with E-state index in [0.717, 1.165) is 43.7 Å². The van der Waals surface area contributed by atoms with Gasteiger partial charge in [0.25, 0.3) is 0 Å². The van der Waals surface area contributed by atoms with Crippen LogP contribution in [0.4, 0.5) is 0 Å². The summed E-state index contributed by atoms with van der Waals surface area (Å²) in [6, 6.07) is 5.81. The lowest BCUT2D eigenvalue weighted by atomic mass is 9.78. The minimum Gasteiger partial charge on any atom is -0.493 e. The lowest BCUT2D eigenvalue weighted by molar-refractivity contribution is -0.136. The van der Waals surface area contributed by atoms with E-state index in [1.807, 2.05) is 18.2 Å². The van der Waals surface area contributed by atoms with Crippen LogP contribution in [0.25, 0.3) is 0 Å². The highest BCUT2D eigenvalue weighted by Gasteiger charge is 2.39. The number of piperidine rings is 1. The molecule has 0 bridgehead atoms. The summed E-state index contributed by atoms with van der Waals surface area (Å²) in [5.74, 6) is 2.09. The van der Waals surface area contributed by atoms with Crippen LogP contribution in [0.5, 0.6) is 11.5 Å². The molecule has 0 saturated carbocycles. The van der Waals surface area contributed by atoms with Gasteiger partial charge in [-0.1, -0.05) is 19.9 Å². The van der Waals surface area contributed by atoms with Crippen LogP contribution in [0.1, 0.15) is 38.7 Å². The largest absolute Gasteiger partial charge is 0.493 e. The van der Waals surface area contributed by atoms with Gasteiger partial charge in [-0.2, -0.15) is 0 Å². The van der Waals surface area contributed by atoms with Crippen molar-refractivity contribution >= 4 is 18.3 Å². The number of nitrogens with one attached hydrogen (secondary N) is 2. The molecular formula is C21H35ClN2O4. The number of benzene rings is 1. The highest BCUT2D eigenvalue weighted by molar-refractivity contribution is 5.85. The van der Waals surface area contributed by atoms with E-state index in [0.29, 0.717) is 31.4 Å². The predicted octanol–water partition coefficient (Wildman–Crippen LogP) is 3.17. The Balaban J connectivity index is 0.00000392. The molecule has 0 unspecified atom stereocenters. The Hall–Kier alpha value is -1.50. The number of carbonyl (C=O) groups excluding carboxylic acids is 1. The number of ether oxygens (including phenoxy) is 3. The van der Waals surface area contributed by atoms with Crippen molar-refractivity contribution in [2.24, 2.45) is 11.3 Å². The standard InChI is InChI=1S/C21H34N2O4.ClH/c1-16(2)7-12-27-18-6-5-17(13-19(18)26-4)14-23-20(24)21(15-25-3)8-10-22-11-9-21;/h5-6,13,16,22H,7-12,14-15H2,1-4H3,(H,23,24);1H. The molecule has 0 spiro atoms. The summed E-state index contributed by atoms with van der Waals surface area (Å²) in [5.41, 5.74) is 0.544. The van der Waals surface area contributed by atoms with Gasteiger partial charge in [0.15, 0.2) is 11.5 Å². The van der Waals surface area contributed by atoms with Crippen molar-refractivity contribution in [3.05, 3.63) is 23.8 Å². The molecule has 1 aliphatic heterocycles. The second-order valence-electron chi connectivity index (χ2n) is 7.66. The highest BCUT2D eigenvalue weighted by atomic mass is 35.5. The first kappa shape index (κ1) is 24.5. The van der Waals surface area contributed by atoms with Crippen molar-refractivity contribution in [1.82, 2.24) is 10.6 Å². The lowest BCUT2D eigenvalue weighted by Crippen LogP contribution is -2.49. The minimum atomic E-state index is -0.440. The van der Waals surface area contributed by atoms with Crippen molar-refractivity contribution in [3.63, 3.8) is 0 Å². The summed E-state index contributed by atoms with van der Waals surface area (Å²) in [6.45, 7) is 7.60. The van der Waals surface area contributed by atoms with E-state index in [2.05, 4.69) is 24.5 Å². The number of amides is 1. The quantitative estimate of drug-likeness (QED) is 0.615. The zero-order valence-electron chi connectivity index (χ0n) is 17.5. The fraction of sp³-hybridized carbons (Fsp3) is 0.667. The molecule has 1 heterocycles. The van der Waals surface area contributed by atoms with E-state index >= 15 is 0 Å². The number of rotatable bonds is 10. The third-order valence-corrected chi connectivity index (χ3v) is 5.10. The predicted molar refractivity (Wildman–Crippen MR) is 113 cm³/mol. The maximum atomic E-state index is 12.8. The molecule has 160 valence electrons. The summed E-state index contributed by atoms with van der Waals surface area (Å²) in [4.78, 5) is 12.8. The molecule has 0 atom stereocenters. The maximum Gasteiger partial charge on any atom is 0.228 e. The van der Waals surface area contributed by atoms with Crippen LogP contribution >= 0.6 is 12.4 Å². The molecule has 1 fully saturated rings. The number of halogens is 1. The second-order valence-corrected chi connectivity index (χ2v) is 7.66. The zero-order valence-corrected chi connectivity index (χ0v) is 18.3. The van der Waals surface area contributed by atoms with Gasteiger partial charge >= 0.3 is 0 Å². The summed E-state index contributed by atoms with van der Waals surface area (Å²) in [5, 5.41) is 6.39. The fourth-order valence-electron chi connectivity index (χ4n) is 3.33. The van der Waals surface area contributed by atoms with E-state index in [1.54, 1.807) is 14.2 Å². The van der Waals surface area contributed by atoms with Gasteiger partial charge in [-0.3, -0.25) is 4.79 Å². The first-order valence-electron chi connectivity index (χ1n) is 9.78. The molecule has 0 radical (unpaired) electrons. The van der Waals surface area contributed by atoms with Crippen molar-refractivity contribution in [2.45, 2.75) is 39.7 Å². The summed E-state index contributed by atoms with van der Waals surface area (Å²) < 4.78 is 16.6. The SMILES string of the molecule is COCC1(C(=O)NCc2ccc(OCCC(C)C)c(OC)c2)CCNCC1.Cl. The molecule has 0 aliphatic carbocycles. The average molecular weight is 415 g/mol. The van der Waals surface area contributed by atoms with Crippen molar-refractivity contribution in [1.29, 1.82) is 0 Å². The highest BCUT2D eigenvalue weighted by Crippen LogP contribution is 2.31. The Morgan fingerprint density at radius 1 is 1.21 bits per heavy atom. The van der Waals surface area contributed by atoms with Gasteiger partial charge in [-0.25, -0.2) is 0 Å². The van der Waals surface area contributed by atoms with E-state index in [-0.39, 0.29) is 18.3 Å². The Labute approximate surface area is 175 Å². The van der Waals surface area contributed by atoms with E-state index in [9.17, 15) is 4.79 Å². The number of hydrogen-bond acceptors (Lipinski definition) is 5. The molecule has 28 heavy (non-hydrogen) atoms. The first-order valence-corrected chi connectivity index (χ1v) is 9.78. The van der Waals surface area contributed by atoms with Gasteiger partial charge < -0.3 is 24.8 Å². The molecule has 1 aromatic carbocycles. The first-order chi connectivity index (χ1) is 13.0. The Kier molecular flexibility index (Phi) is 10.6. The van der Waals surface area contributed by atoms with Gasteiger partial charge in [0, 0.05) is 13.7 Å². The molecule has 7 heteroatoms. The monoisotopic (exact) mass is 414 g/mol. The van der Waals surface area contributed by atoms with Crippen LogP contribution in [-0.2, 0) is 16.1 Å². The lowest BCUT2D eigenvalue weighted by Gasteiger charge is -2.35. The molecule has 0 aromatic heterocycles. The van der Waals surface area contributed by atoms with Crippen LogP contribution < -0.4 is 20.1 Å². The summed E-state index contributed by atoms with van der Waals surface area (Å²) >= 11 is 0. The Morgan fingerprint density at radius 3 is 2.54 bits per heavy atom. The van der Waals surface area contributed by atoms with Crippen molar-refractivity contribution in [3.8, 4) is 11.5 Å². The van der Waals surface area contributed by atoms with Crippen molar-refractivity contribution < 1.29 is 19.0 Å². The molecule has 1 aliphatic rings. The third kappa shape index (κ3) is 6.83. The zero-order chi connectivity index (χ0) is 19.7. The molecule has 2 rings (SSSR count). The number of hydrogen-bond donors (Lipinski definition) is 2. The molecule has 1 amide bonds. The third-order valence-electron chi connectivity index (χ3n) is 5.10. The van der Waals surface area contributed by atoms with Crippen LogP contribution in [0.15, 0.2) is 18.2 Å². The van der Waals surface area contributed by atoms with Crippen LogP contribution in [0, 0.1) is 11.3 Å². The fourth-order valence-corrected chi connectivity index (χ4v) is 3.33. The molecule has 1 saturated heterocycles. The maximum absolute atomic E-state index is 12.8. The molecule has 1 aromatic rings. The van der Waals surface area contributed by atoms with Crippen LogP contribution in [0.3, 0.4) is 0 Å². The average Bonchev–Trinajstić information content (AvgIpc) is 2.67. The van der Waals surface area contributed by atoms with Gasteiger partial charge in [-0.05, 0) is 56.0 Å². The minimum absolute atomic E-state index is 0. The smallest absolute Gasteiger partial charge is 0.228 e. The van der Waals surface area contributed by atoms with E-state index < -0.39 is 5.41 Å². The summed E-state index contributed by atoms with van der Waals surface area (Å²) in [7, 11) is 3.29. The summed E-state index contributed by atoms with van der Waals surface area (Å²) in [6.07, 6.45) is 2.58. The number of methoxy groups -OCH3 is 2. The second kappa shape index (κ2) is 12.1. The topological polar surface area (TPSA) is 68.8 Å². The normalized spacial score (nSPS) is 15.6. The van der Waals surface area contributed by atoms with Gasteiger partial charge in [0.2, 0.25) is 5.91 Å². The van der Waals surface area contributed by atoms with E-state index in [1.165, 1.54) is 0 Å². The molecule has 2 N–H and O–H groups in total. The van der Waals surface area contributed by atoms with Gasteiger partial charge in [-0.15, -0.1) is 12.4 Å². The Morgan fingerprint density at radius 2 is 1.93 bits per heavy atom. The van der Waals surface area contributed by atoms with Crippen LogP contribution in [0.2, 0.25) is 0 Å². The Bertz CT molecular complexity index is 599.